The van der Waals surface area contributed by atoms with Crippen molar-refractivity contribution in [2.24, 2.45) is 5.92 Å². The second-order valence-electron chi connectivity index (χ2n) is 6.85. The van der Waals surface area contributed by atoms with Crippen LogP contribution in [0.1, 0.15) is 23.0 Å². The minimum absolute atomic E-state index is 0.0854. The molecule has 2 N–H and O–H groups in total. The van der Waals surface area contributed by atoms with Crippen LogP contribution in [0.15, 0.2) is 36.4 Å². The first-order chi connectivity index (χ1) is 13.2. The second kappa shape index (κ2) is 8.40. The normalized spacial score (nSPS) is 19.1. The van der Waals surface area contributed by atoms with Crippen molar-refractivity contribution in [1.82, 2.24) is 10.6 Å². The molecule has 9 heteroatoms. The number of halogens is 1. The lowest BCUT2D eigenvalue weighted by atomic mass is 10.1. The fraction of sp³-hybridized carbons (Fsp3) is 0.368. The number of sulfone groups is 1. The van der Waals surface area contributed by atoms with Gasteiger partial charge in [-0.1, -0.05) is 18.2 Å². The number of rotatable bonds is 6. The summed E-state index contributed by atoms with van der Waals surface area (Å²) in [5, 5.41) is 5.31. The van der Waals surface area contributed by atoms with Crippen LogP contribution < -0.4 is 10.6 Å². The fourth-order valence-electron chi connectivity index (χ4n) is 3.03. The summed E-state index contributed by atoms with van der Waals surface area (Å²) in [5.74, 6) is -0.998. The van der Waals surface area contributed by atoms with Crippen molar-refractivity contribution in [2.45, 2.75) is 19.4 Å². The lowest BCUT2D eigenvalue weighted by molar-refractivity contribution is -0.122. The van der Waals surface area contributed by atoms with Gasteiger partial charge < -0.3 is 10.6 Å². The van der Waals surface area contributed by atoms with Gasteiger partial charge in [-0.05, 0) is 37.5 Å². The maximum Gasteiger partial charge on any atom is 0.262 e. The Bertz CT molecular complexity index is 987. The average Bonchev–Trinajstić information content (AvgIpc) is 3.26. The van der Waals surface area contributed by atoms with E-state index in [1.165, 1.54) is 6.07 Å². The van der Waals surface area contributed by atoms with E-state index in [9.17, 15) is 22.4 Å². The molecule has 1 aliphatic rings. The molecule has 28 heavy (non-hydrogen) atoms. The molecule has 1 saturated heterocycles. The van der Waals surface area contributed by atoms with Crippen molar-refractivity contribution in [3.05, 3.63) is 47.1 Å². The number of nitrogens with one attached hydrogen (secondary N) is 2. The molecule has 0 spiro atoms. The Kier molecular flexibility index (Phi) is 6.14. The molecule has 150 valence electrons. The fourth-order valence-corrected chi connectivity index (χ4v) is 5.83. The van der Waals surface area contributed by atoms with Crippen LogP contribution in [0, 0.1) is 11.7 Å². The topological polar surface area (TPSA) is 92.3 Å². The largest absolute Gasteiger partial charge is 0.354 e. The van der Waals surface area contributed by atoms with Crippen LogP contribution in [0.2, 0.25) is 0 Å². The van der Waals surface area contributed by atoms with Crippen molar-refractivity contribution in [1.29, 1.82) is 0 Å². The van der Waals surface area contributed by atoms with Gasteiger partial charge in [-0.3, -0.25) is 9.59 Å². The quantitative estimate of drug-likeness (QED) is 0.744. The second-order valence-corrected chi connectivity index (χ2v) is 10.2. The SMILES string of the molecule is CC(NC(=O)c1ccc(-c2ccccc2F)s1)C(=O)NCC1CCS(=O)(=O)C1. The molecule has 1 aromatic heterocycles. The number of hydrogen-bond donors (Lipinski definition) is 2. The molecule has 2 heterocycles. The van der Waals surface area contributed by atoms with Gasteiger partial charge in [0.25, 0.3) is 5.91 Å². The van der Waals surface area contributed by atoms with Crippen LogP contribution in [0.5, 0.6) is 0 Å². The molecule has 0 radical (unpaired) electrons. The molecule has 1 fully saturated rings. The van der Waals surface area contributed by atoms with Crippen molar-refractivity contribution < 1.29 is 22.4 Å². The molecule has 1 aliphatic heterocycles. The third-order valence-electron chi connectivity index (χ3n) is 4.60. The lowest BCUT2D eigenvalue weighted by Gasteiger charge is -2.15. The highest BCUT2D eigenvalue weighted by Gasteiger charge is 2.28. The molecule has 0 aliphatic carbocycles. The number of carbonyl (C=O) groups excluding carboxylic acids is 2. The van der Waals surface area contributed by atoms with Crippen LogP contribution in [-0.4, -0.2) is 44.3 Å². The van der Waals surface area contributed by atoms with E-state index in [2.05, 4.69) is 10.6 Å². The van der Waals surface area contributed by atoms with Crippen LogP contribution in [0.25, 0.3) is 10.4 Å². The van der Waals surface area contributed by atoms with Gasteiger partial charge in [0, 0.05) is 17.0 Å². The van der Waals surface area contributed by atoms with E-state index in [-0.39, 0.29) is 35.7 Å². The molecule has 0 bridgehead atoms. The Morgan fingerprint density at radius 3 is 2.68 bits per heavy atom. The predicted molar refractivity (Wildman–Crippen MR) is 106 cm³/mol. The first-order valence-corrected chi connectivity index (χ1v) is 11.5. The third kappa shape index (κ3) is 4.96. The summed E-state index contributed by atoms with van der Waals surface area (Å²) in [6, 6.07) is 8.81. The molecular formula is C19H21FN2O4S2. The monoisotopic (exact) mass is 424 g/mol. The first-order valence-electron chi connectivity index (χ1n) is 8.89. The zero-order chi connectivity index (χ0) is 20.3. The highest BCUT2D eigenvalue weighted by molar-refractivity contribution is 7.91. The van der Waals surface area contributed by atoms with E-state index in [4.69, 9.17) is 0 Å². The summed E-state index contributed by atoms with van der Waals surface area (Å²) in [7, 11) is -2.99. The van der Waals surface area contributed by atoms with Crippen LogP contribution >= 0.6 is 11.3 Å². The highest BCUT2D eigenvalue weighted by atomic mass is 32.2. The van der Waals surface area contributed by atoms with Gasteiger partial charge in [0.05, 0.1) is 16.4 Å². The van der Waals surface area contributed by atoms with E-state index < -0.39 is 21.8 Å². The maximum absolute atomic E-state index is 13.9. The molecule has 2 atom stereocenters. The molecule has 2 unspecified atom stereocenters. The van der Waals surface area contributed by atoms with E-state index in [1.54, 1.807) is 37.3 Å². The summed E-state index contributed by atoms with van der Waals surface area (Å²) in [6.45, 7) is 1.83. The zero-order valence-electron chi connectivity index (χ0n) is 15.3. The number of hydrogen-bond acceptors (Lipinski definition) is 5. The van der Waals surface area contributed by atoms with Gasteiger partial charge in [0.2, 0.25) is 5.91 Å². The summed E-state index contributed by atoms with van der Waals surface area (Å²) in [6.07, 6.45) is 0.539. The predicted octanol–water partition coefficient (Wildman–Crippen LogP) is 2.22. The van der Waals surface area contributed by atoms with Gasteiger partial charge in [-0.25, -0.2) is 12.8 Å². The molecule has 2 aromatic rings. The van der Waals surface area contributed by atoms with E-state index in [1.807, 2.05) is 0 Å². The van der Waals surface area contributed by atoms with Gasteiger partial charge in [-0.15, -0.1) is 11.3 Å². The van der Waals surface area contributed by atoms with Crippen LogP contribution in [0.4, 0.5) is 4.39 Å². The van der Waals surface area contributed by atoms with E-state index >= 15 is 0 Å². The Hall–Kier alpha value is -2.26. The summed E-state index contributed by atoms with van der Waals surface area (Å²) in [4.78, 5) is 25.6. The summed E-state index contributed by atoms with van der Waals surface area (Å²) < 4.78 is 36.8. The number of amides is 2. The van der Waals surface area contributed by atoms with E-state index in [0.29, 0.717) is 21.7 Å². The Morgan fingerprint density at radius 1 is 1.25 bits per heavy atom. The molecular weight excluding hydrogens is 403 g/mol. The van der Waals surface area contributed by atoms with Crippen LogP contribution in [0.3, 0.4) is 0 Å². The standard InChI is InChI=1S/C19H21FN2O4S2/c1-12(18(23)21-10-13-8-9-28(25,26)11-13)22-19(24)17-7-6-16(27-17)14-4-2-3-5-15(14)20/h2-7,12-13H,8-11H2,1H3,(H,21,23)(H,22,24). The van der Waals surface area contributed by atoms with Gasteiger partial charge in [-0.2, -0.15) is 0 Å². The number of carbonyl (C=O) groups is 2. The third-order valence-corrected chi connectivity index (χ3v) is 7.56. The van der Waals surface area contributed by atoms with Gasteiger partial charge >= 0.3 is 0 Å². The maximum atomic E-state index is 13.9. The number of benzene rings is 1. The minimum atomic E-state index is -2.99. The minimum Gasteiger partial charge on any atom is -0.354 e. The molecule has 1 aromatic carbocycles. The number of thiophene rings is 1. The lowest BCUT2D eigenvalue weighted by Crippen LogP contribution is -2.45. The molecule has 2 amide bonds. The average molecular weight is 425 g/mol. The Morgan fingerprint density at radius 2 is 2.00 bits per heavy atom. The van der Waals surface area contributed by atoms with Crippen molar-refractivity contribution >= 4 is 33.0 Å². The molecule has 3 rings (SSSR count). The first kappa shape index (κ1) is 20.5. The van der Waals surface area contributed by atoms with Crippen LogP contribution in [-0.2, 0) is 14.6 Å². The Balaban J connectivity index is 1.54. The highest BCUT2D eigenvalue weighted by Crippen LogP contribution is 2.30. The zero-order valence-corrected chi connectivity index (χ0v) is 16.9. The van der Waals surface area contributed by atoms with Gasteiger partial charge in [0.15, 0.2) is 9.84 Å². The van der Waals surface area contributed by atoms with E-state index in [0.717, 1.165) is 11.3 Å². The van der Waals surface area contributed by atoms with Crippen molar-refractivity contribution in [3.8, 4) is 10.4 Å². The van der Waals surface area contributed by atoms with Crippen molar-refractivity contribution in [2.75, 3.05) is 18.1 Å². The Labute approximate surface area is 167 Å². The van der Waals surface area contributed by atoms with Crippen molar-refractivity contribution in [3.63, 3.8) is 0 Å². The summed E-state index contributed by atoms with van der Waals surface area (Å²) in [5.41, 5.74) is 0.420. The summed E-state index contributed by atoms with van der Waals surface area (Å²) >= 11 is 1.15. The smallest absolute Gasteiger partial charge is 0.262 e. The molecule has 0 saturated carbocycles. The molecule has 6 nitrogen and oxygen atoms in total. The van der Waals surface area contributed by atoms with Gasteiger partial charge in [0.1, 0.15) is 11.9 Å².